The molecule has 0 spiro atoms. The number of ether oxygens (including phenoxy) is 1. The quantitative estimate of drug-likeness (QED) is 0.698. The molecule has 0 unspecified atom stereocenters. The predicted molar refractivity (Wildman–Crippen MR) is 67.8 cm³/mol. The molecule has 0 aliphatic heterocycles. The zero-order valence-electron chi connectivity index (χ0n) is 9.80. The summed E-state index contributed by atoms with van der Waals surface area (Å²) >= 11 is 3.22. The van der Waals surface area contributed by atoms with Crippen molar-refractivity contribution in [1.29, 1.82) is 0 Å². The molecule has 0 N–H and O–H groups in total. The minimum Gasteiger partial charge on any atom is -0.377 e. The Morgan fingerprint density at radius 1 is 1.38 bits per heavy atom. The highest BCUT2D eigenvalue weighted by Crippen LogP contribution is 2.16. The molecule has 0 heterocycles. The monoisotopic (exact) mass is 288 g/mol. The molecule has 0 aromatic heterocycles. The lowest BCUT2D eigenvalue weighted by Gasteiger charge is -2.07. The average Bonchev–Trinajstić information content (AvgIpc) is 2.20. The van der Waals surface area contributed by atoms with Crippen molar-refractivity contribution < 1.29 is 9.13 Å². The molecule has 3 heteroatoms. The van der Waals surface area contributed by atoms with Gasteiger partial charge in [-0.05, 0) is 30.9 Å². The number of benzene rings is 1. The minimum absolute atomic E-state index is 0.210. The first-order valence-corrected chi connectivity index (χ1v) is 6.40. The van der Waals surface area contributed by atoms with E-state index in [1.807, 2.05) is 6.07 Å². The van der Waals surface area contributed by atoms with Crippen LogP contribution in [0.15, 0.2) is 22.7 Å². The summed E-state index contributed by atoms with van der Waals surface area (Å²) in [5.41, 5.74) is 0.618. The maximum Gasteiger partial charge on any atom is 0.129 e. The Morgan fingerprint density at radius 3 is 2.75 bits per heavy atom. The van der Waals surface area contributed by atoms with Crippen molar-refractivity contribution in [2.24, 2.45) is 5.92 Å². The van der Waals surface area contributed by atoms with Crippen LogP contribution in [0.25, 0.3) is 0 Å². The summed E-state index contributed by atoms with van der Waals surface area (Å²) < 4.78 is 19.6. The van der Waals surface area contributed by atoms with Gasteiger partial charge < -0.3 is 4.74 Å². The van der Waals surface area contributed by atoms with Crippen molar-refractivity contribution in [3.63, 3.8) is 0 Å². The van der Waals surface area contributed by atoms with E-state index in [1.165, 1.54) is 6.07 Å². The van der Waals surface area contributed by atoms with Crippen molar-refractivity contribution in [3.05, 3.63) is 34.1 Å². The number of rotatable bonds is 6. The first-order chi connectivity index (χ1) is 7.59. The lowest BCUT2D eigenvalue weighted by atomic mass is 10.1. The third-order valence-corrected chi connectivity index (χ3v) is 2.84. The van der Waals surface area contributed by atoms with Gasteiger partial charge in [-0.15, -0.1) is 0 Å². The molecule has 0 saturated carbocycles. The molecule has 0 aliphatic rings. The second kappa shape index (κ2) is 7.02. The zero-order valence-corrected chi connectivity index (χ0v) is 11.4. The lowest BCUT2D eigenvalue weighted by Crippen LogP contribution is -1.99. The zero-order chi connectivity index (χ0) is 12.0. The first kappa shape index (κ1) is 13.7. The molecule has 1 aromatic carbocycles. The summed E-state index contributed by atoms with van der Waals surface area (Å²) in [6.07, 6.45) is 2.19. The van der Waals surface area contributed by atoms with Gasteiger partial charge in [-0.25, -0.2) is 4.39 Å². The largest absolute Gasteiger partial charge is 0.377 e. The highest BCUT2D eigenvalue weighted by atomic mass is 79.9. The Kier molecular flexibility index (Phi) is 5.99. The van der Waals surface area contributed by atoms with Crippen molar-refractivity contribution in [2.45, 2.75) is 33.3 Å². The van der Waals surface area contributed by atoms with Crippen LogP contribution >= 0.6 is 15.9 Å². The van der Waals surface area contributed by atoms with E-state index >= 15 is 0 Å². The van der Waals surface area contributed by atoms with Crippen LogP contribution in [0, 0.1) is 11.7 Å². The van der Waals surface area contributed by atoms with Crippen molar-refractivity contribution in [2.75, 3.05) is 6.61 Å². The van der Waals surface area contributed by atoms with Gasteiger partial charge in [0, 0.05) is 16.6 Å². The lowest BCUT2D eigenvalue weighted by molar-refractivity contribution is 0.112. The van der Waals surface area contributed by atoms with Crippen LogP contribution in [-0.2, 0) is 11.3 Å². The Morgan fingerprint density at radius 2 is 2.12 bits per heavy atom. The molecule has 1 aromatic rings. The van der Waals surface area contributed by atoms with Gasteiger partial charge in [-0.1, -0.05) is 35.8 Å². The normalized spacial score (nSPS) is 11.1. The van der Waals surface area contributed by atoms with Gasteiger partial charge in [-0.2, -0.15) is 0 Å². The van der Waals surface area contributed by atoms with Crippen LogP contribution < -0.4 is 0 Å². The van der Waals surface area contributed by atoms with Crippen LogP contribution in [0.2, 0.25) is 0 Å². The van der Waals surface area contributed by atoms with Gasteiger partial charge in [0.25, 0.3) is 0 Å². The maximum absolute atomic E-state index is 13.4. The molecular weight excluding hydrogens is 271 g/mol. The molecule has 0 radical (unpaired) electrons. The molecular formula is C13H18BrFO. The number of hydrogen-bond donors (Lipinski definition) is 0. The molecule has 0 saturated heterocycles. The van der Waals surface area contributed by atoms with Crippen LogP contribution in [0.1, 0.15) is 32.3 Å². The van der Waals surface area contributed by atoms with Gasteiger partial charge in [0.1, 0.15) is 5.82 Å². The molecule has 0 fully saturated rings. The van der Waals surface area contributed by atoms with Gasteiger partial charge in [0.15, 0.2) is 0 Å². The van der Waals surface area contributed by atoms with Crippen LogP contribution in [0.5, 0.6) is 0 Å². The standard InChI is InChI=1S/C13H18BrFO/c1-10(2)4-3-7-16-9-11-5-6-12(14)8-13(11)15/h5-6,8,10H,3-4,7,9H2,1-2H3. The van der Waals surface area contributed by atoms with E-state index in [2.05, 4.69) is 29.8 Å². The third-order valence-electron chi connectivity index (χ3n) is 2.34. The molecule has 16 heavy (non-hydrogen) atoms. The molecule has 90 valence electrons. The van der Waals surface area contributed by atoms with Crippen molar-refractivity contribution >= 4 is 15.9 Å². The third kappa shape index (κ3) is 5.08. The maximum atomic E-state index is 13.4. The summed E-state index contributed by atoms with van der Waals surface area (Å²) in [4.78, 5) is 0. The Labute approximate surface area is 105 Å². The minimum atomic E-state index is -0.210. The van der Waals surface area contributed by atoms with E-state index < -0.39 is 0 Å². The Hall–Kier alpha value is -0.410. The second-order valence-electron chi connectivity index (χ2n) is 4.32. The van der Waals surface area contributed by atoms with Gasteiger partial charge in [0.2, 0.25) is 0 Å². The van der Waals surface area contributed by atoms with E-state index in [4.69, 9.17) is 4.74 Å². The summed E-state index contributed by atoms with van der Waals surface area (Å²) in [6, 6.07) is 5.05. The first-order valence-electron chi connectivity index (χ1n) is 5.61. The van der Waals surface area contributed by atoms with E-state index in [9.17, 15) is 4.39 Å². The van der Waals surface area contributed by atoms with Crippen LogP contribution in [0.4, 0.5) is 4.39 Å². The average molecular weight is 289 g/mol. The highest BCUT2D eigenvalue weighted by Gasteiger charge is 2.02. The van der Waals surface area contributed by atoms with Gasteiger partial charge in [-0.3, -0.25) is 0 Å². The molecule has 1 rings (SSSR count). The number of hydrogen-bond acceptors (Lipinski definition) is 1. The van der Waals surface area contributed by atoms with Crippen LogP contribution in [-0.4, -0.2) is 6.61 Å². The van der Waals surface area contributed by atoms with E-state index in [0.717, 1.165) is 17.3 Å². The molecule has 0 amide bonds. The van der Waals surface area contributed by atoms with Gasteiger partial charge in [0.05, 0.1) is 6.61 Å². The van der Waals surface area contributed by atoms with Gasteiger partial charge >= 0.3 is 0 Å². The van der Waals surface area contributed by atoms with E-state index in [-0.39, 0.29) is 5.82 Å². The van der Waals surface area contributed by atoms with Crippen molar-refractivity contribution in [1.82, 2.24) is 0 Å². The predicted octanol–water partition coefficient (Wildman–Crippen LogP) is 4.54. The van der Waals surface area contributed by atoms with E-state index in [1.54, 1.807) is 6.07 Å². The topological polar surface area (TPSA) is 9.23 Å². The summed E-state index contributed by atoms with van der Waals surface area (Å²) in [5.74, 6) is 0.492. The molecule has 0 aliphatic carbocycles. The smallest absolute Gasteiger partial charge is 0.129 e. The summed E-state index contributed by atoms with van der Waals surface area (Å²) in [5, 5.41) is 0. The Bertz CT molecular complexity index is 326. The fourth-order valence-electron chi connectivity index (χ4n) is 1.41. The second-order valence-corrected chi connectivity index (χ2v) is 5.24. The van der Waals surface area contributed by atoms with Crippen molar-refractivity contribution in [3.8, 4) is 0 Å². The number of halogens is 2. The summed E-state index contributed by atoms with van der Waals surface area (Å²) in [6.45, 7) is 5.44. The fourth-order valence-corrected chi connectivity index (χ4v) is 1.75. The Balaban J connectivity index is 2.27. The summed E-state index contributed by atoms with van der Waals surface area (Å²) in [7, 11) is 0. The molecule has 0 bridgehead atoms. The SMILES string of the molecule is CC(C)CCCOCc1ccc(Br)cc1F. The fraction of sp³-hybridized carbons (Fsp3) is 0.538. The molecule has 1 nitrogen and oxygen atoms in total. The highest BCUT2D eigenvalue weighted by molar-refractivity contribution is 9.10. The van der Waals surface area contributed by atoms with E-state index in [0.29, 0.717) is 24.7 Å². The molecule has 0 atom stereocenters. The van der Waals surface area contributed by atoms with Crippen LogP contribution in [0.3, 0.4) is 0 Å².